The van der Waals surface area contributed by atoms with Crippen molar-refractivity contribution in [3.63, 3.8) is 0 Å². The third kappa shape index (κ3) is 4.12. The highest BCUT2D eigenvalue weighted by molar-refractivity contribution is 5.31. The standard InChI is InChI=1S/C16H26N2O2/c1-3-19-14-4-6-15(7-5-14)20-11-10-18-9-8-16(2,12-17)13-18/h4-7H,3,8-13,17H2,1-2H3. The molecule has 1 atom stereocenters. The van der Waals surface area contributed by atoms with Crippen LogP contribution in [0.15, 0.2) is 24.3 Å². The van der Waals surface area contributed by atoms with Gasteiger partial charge >= 0.3 is 0 Å². The first-order chi connectivity index (χ1) is 9.65. The van der Waals surface area contributed by atoms with Crippen LogP contribution in [0, 0.1) is 5.41 Å². The van der Waals surface area contributed by atoms with Crippen LogP contribution in [0.5, 0.6) is 11.5 Å². The van der Waals surface area contributed by atoms with E-state index >= 15 is 0 Å². The van der Waals surface area contributed by atoms with E-state index in [1.807, 2.05) is 31.2 Å². The molecule has 1 fully saturated rings. The van der Waals surface area contributed by atoms with Crippen molar-refractivity contribution in [1.82, 2.24) is 4.90 Å². The normalized spacial score (nSPS) is 22.9. The van der Waals surface area contributed by atoms with Gasteiger partial charge in [0.25, 0.3) is 0 Å². The van der Waals surface area contributed by atoms with E-state index in [-0.39, 0.29) is 0 Å². The maximum atomic E-state index is 5.82. The zero-order chi connectivity index (χ0) is 14.4. The van der Waals surface area contributed by atoms with Crippen LogP contribution in [0.4, 0.5) is 0 Å². The van der Waals surface area contributed by atoms with Gasteiger partial charge in [0.15, 0.2) is 0 Å². The lowest BCUT2D eigenvalue weighted by Gasteiger charge is -2.22. The fraction of sp³-hybridized carbons (Fsp3) is 0.625. The van der Waals surface area contributed by atoms with Gasteiger partial charge in [-0.05, 0) is 56.1 Å². The van der Waals surface area contributed by atoms with Crippen LogP contribution < -0.4 is 15.2 Å². The molecule has 1 saturated heterocycles. The van der Waals surface area contributed by atoms with Gasteiger partial charge in [-0.3, -0.25) is 4.90 Å². The predicted molar refractivity (Wildman–Crippen MR) is 81.3 cm³/mol. The Morgan fingerprint density at radius 3 is 2.40 bits per heavy atom. The molecule has 0 amide bonds. The lowest BCUT2D eigenvalue weighted by atomic mass is 9.90. The summed E-state index contributed by atoms with van der Waals surface area (Å²) in [7, 11) is 0. The van der Waals surface area contributed by atoms with Crippen LogP contribution in [0.2, 0.25) is 0 Å². The van der Waals surface area contributed by atoms with Crippen molar-refractivity contribution in [2.75, 3.05) is 39.4 Å². The molecule has 1 heterocycles. The first-order valence-corrected chi connectivity index (χ1v) is 7.43. The molecule has 0 bridgehead atoms. The van der Waals surface area contributed by atoms with Crippen LogP contribution in [0.3, 0.4) is 0 Å². The third-order valence-electron chi connectivity index (χ3n) is 3.94. The van der Waals surface area contributed by atoms with Crippen molar-refractivity contribution in [3.8, 4) is 11.5 Å². The van der Waals surface area contributed by atoms with Gasteiger partial charge in [-0.1, -0.05) is 6.92 Å². The third-order valence-corrected chi connectivity index (χ3v) is 3.94. The number of hydrogen-bond donors (Lipinski definition) is 1. The van der Waals surface area contributed by atoms with E-state index in [4.69, 9.17) is 15.2 Å². The molecule has 0 spiro atoms. The van der Waals surface area contributed by atoms with Gasteiger partial charge in [0.1, 0.15) is 18.1 Å². The Bertz CT molecular complexity index is 407. The number of rotatable bonds is 7. The summed E-state index contributed by atoms with van der Waals surface area (Å²) in [6.45, 7) is 9.59. The average molecular weight is 278 g/mol. The summed E-state index contributed by atoms with van der Waals surface area (Å²) in [5.74, 6) is 1.78. The van der Waals surface area contributed by atoms with Gasteiger partial charge in [-0.15, -0.1) is 0 Å². The molecule has 2 rings (SSSR count). The summed E-state index contributed by atoms with van der Waals surface area (Å²) in [4.78, 5) is 2.43. The van der Waals surface area contributed by atoms with Crippen LogP contribution >= 0.6 is 0 Å². The van der Waals surface area contributed by atoms with Crippen LogP contribution in [-0.2, 0) is 0 Å². The number of nitrogens with zero attached hydrogens (tertiary/aromatic N) is 1. The molecule has 1 aromatic rings. The van der Waals surface area contributed by atoms with Gasteiger partial charge < -0.3 is 15.2 Å². The van der Waals surface area contributed by atoms with E-state index in [0.717, 1.165) is 37.7 Å². The molecule has 0 aliphatic carbocycles. The number of nitrogens with two attached hydrogens (primary N) is 1. The molecule has 112 valence electrons. The zero-order valence-electron chi connectivity index (χ0n) is 12.6. The van der Waals surface area contributed by atoms with Gasteiger partial charge in [0.2, 0.25) is 0 Å². The van der Waals surface area contributed by atoms with Crippen molar-refractivity contribution < 1.29 is 9.47 Å². The summed E-state index contributed by atoms with van der Waals surface area (Å²) in [5.41, 5.74) is 6.11. The SMILES string of the molecule is CCOc1ccc(OCCN2CCC(C)(CN)C2)cc1. The Labute approximate surface area is 121 Å². The van der Waals surface area contributed by atoms with E-state index in [0.29, 0.717) is 18.6 Å². The molecule has 4 nitrogen and oxygen atoms in total. The molecule has 4 heteroatoms. The summed E-state index contributed by atoms with van der Waals surface area (Å²) < 4.78 is 11.2. The number of ether oxygens (including phenoxy) is 2. The summed E-state index contributed by atoms with van der Waals surface area (Å²) in [5, 5.41) is 0. The molecule has 1 aromatic carbocycles. The minimum Gasteiger partial charge on any atom is -0.494 e. The largest absolute Gasteiger partial charge is 0.494 e. The Balaban J connectivity index is 1.71. The minimum absolute atomic E-state index is 0.291. The van der Waals surface area contributed by atoms with E-state index < -0.39 is 0 Å². The van der Waals surface area contributed by atoms with E-state index in [1.165, 1.54) is 6.42 Å². The molecule has 0 radical (unpaired) electrons. The van der Waals surface area contributed by atoms with Crippen molar-refractivity contribution in [2.24, 2.45) is 11.1 Å². The second-order valence-corrected chi connectivity index (χ2v) is 5.79. The predicted octanol–water partition coefficient (Wildman–Crippen LogP) is 2.13. The second kappa shape index (κ2) is 6.95. The van der Waals surface area contributed by atoms with Crippen molar-refractivity contribution >= 4 is 0 Å². The molecule has 1 aliphatic heterocycles. The maximum absolute atomic E-state index is 5.82. The Kier molecular flexibility index (Phi) is 5.26. The molecule has 20 heavy (non-hydrogen) atoms. The summed E-state index contributed by atoms with van der Waals surface area (Å²) in [6, 6.07) is 7.80. The lowest BCUT2D eigenvalue weighted by molar-refractivity contribution is 0.219. The summed E-state index contributed by atoms with van der Waals surface area (Å²) in [6.07, 6.45) is 1.19. The quantitative estimate of drug-likeness (QED) is 0.830. The van der Waals surface area contributed by atoms with Gasteiger partial charge in [0, 0.05) is 13.1 Å². The number of benzene rings is 1. The fourth-order valence-corrected chi connectivity index (χ4v) is 2.57. The van der Waals surface area contributed by atoms with E-state index in [2.05, 4.69) is 11.8 Å². The lowest BCUT2D eigenvalue weighted by Crippen LogP contribution is -2.33. The highest BCUT2D eigenvalue weighted by Crippen LogP contribution is 2.28. The Morgan fingerprint density at radius 1 is 1.20 bits per heavy atom. The number of likely N-dealkylation sites (tertiary alicyclic amines) is 1. The molecular formula is C16H26N2O2. The van der Waals surface area contributed by atoms with Crippen molar-refractivity contribution in [1.29, 1.82) is 0 Å². The monoisotopic (exact) mass is 278 g/mol. The highest BCUT2D eigenvalue weighted by atomic mass is 16.5. The molecule has 1 aliphatic rings. The molecule has 0 aromatic heterocycles. The fourth-order valence-electron chi connectivity index (χ4n) is 2.57. The van der Waals surface area contributed by atoms with Crippen molar-refractivity contribution in [3.05, 3.63) is 24.3 Å². The topological polar surface area (TPSA) is 47.7 Å². The van der Waals surface area contributed by atoms with Gasteiger partial charge in [0.05, 0.1) is 6.61 Å². The highest BCUT2D eigenvalue weighted by Gasteiger charge is 2.31. The van der Waals surface area contributed by atoms with Crippen LogP contribution in [0.25, 0.3) is 0 Å². The molecule has 1 unspecified atom stereocenters. The summed E-state index contributed by atoms with van der Waals surface area (Å²) >= 11 is 0. The smallest absolute Gasteiger partial charge is 0.119 e. The molecule has 2 N–H and O–H groups in total. The Hall–Kier alpha value is -1.26. The maximum Gasteiger partial charge on any atom is 0.119 e. The van der Waals surface area contributed by atoms with Gasteiger partial charge in [-0.2, -0.15) is 0 Å². The van der Waals surface area contributed by atoms with Crippen molar-refractivity contribution in [2.45, 2.75) is 20.3 Å². The molecular weight excluding hydrogens is 252 g/mol. The van der Waals surface area contributed by atoms with E-state index in [9.17, 15) is 0 Å². The van der Waals surface area contributed by atoms with Crippen LogP contribution in [-0.4, -0.2) is 44.3 Å². The minimum atomic E-state index is 0.291. The van der Waals surface area contributed by atoms with E-state index in [1.54, 1.807) is 0 Å². The average Bonchev–Trinajstić information content (AvgIpc) is 2.84. The zero-order valence-corrected chi connectivity index (χ0v) is 12.6. The molecule has 0 saturated carbocycles. The number of hydrogen-bond acceptors (Lipinski definition) is 4. The first-order valence-electron chi connectivity index (χ1n) is 7.43. The first kappa shape index (κ1) is 15.1. The second-order valence-electron chi connectivity index (χ2n) is 5.79. The Morgan fingerprint density at radius 2 is 1.85 bits per heavy atom. The van der Waals surface area contributed by atoms with Gasteiger partial charge in [-0.25, -0.2) is 0 Å². The van der Waals surface area contributed by atoms with Crippen LogP contribution in [0.1, 0.15) is 20.3 Å².